The molecule has 0 aliphatic heterocycles. The topological polar surface area (TPSA) is 0 Å². The summed E-state index contributed by atoms with van der Waals surface area (Å²) >= 11 is 0. The van der Waals surface area contributed by atoms with Crippen LogP contribution >= 0.6 is 0 Å². The second kappa shape index (κ2) is 2.86. The van der Waals surface area contributed by atoms with Crippen LogP contribution in [0.4, 0.5) is 17.6 Å². The summed E-state index contributed by atoms with van der Waals surface area (Å²) in [7, 11) is 0. The van der Waals surface area contributed by atoms with Crippen LogP contribution in [0.2, 0.25) is 0 Å². The molecule has 0 radical (unpaired) electrons. The standard InChI is InChI=1S/C10H14F4/c1-6-4-9(11,12)3-2-7(6)8-5-10(8,13)14/h6-8H,2-5H2,1H3. The van der Waals surface area contributed by atoms with Crippen LogP contribution in [0.5, 0.6) is 0 Å². The van der Waals surface area contributed by atoms with E-state index in [-0.39, 0.29) is 37.5 Å². The predicted octanol–water partition coefficient (Wildman–Crippen LogP) is 3.71. The molecule has 0 aromatic rings. The zero-order valence-corrected chi connectivity index (χ0v) is 8.07. The van der Waals surface area contributed by atoms with E-state index in [1.165, 1.54) is 0 Å². The van der Waals surface area contributed by atoms with E-state index in [1.807, 2.05) is 0 Å². The van der Waals surface area contributed by atoms with Crippen molar-refractivity contribution in [1.82, 2.24) is 0 Å². The quantitative estimate of drug-likeness (QED) is 0.579. The largest absolute Gasteiger partial charge is 0.251 e. The van der Waals surface area contributed by atoms with Gasteiger partial charge < -0.3 is 0 Å². The minimum Gasteiger partial charge on any atom is -0.207 e. The van der Waals surface area contributed by atoms with Gasteiger partial charge in [0.25, 0.3) is 5.92 Å². The summed E-state index contributed by atoms with van der Waals surface area (Å²) in [4.78, 5) is 0. The molecule has 0 nitrogen and oxygen atoms in total. The lowest BCUT2D eigenvalue weighted by Crippen LogP contribution is -2.32. The molecule has 0 heterocycles. The maximum Gasteiger partial charge on any atom is 0.251 e. The molecule has 2 aliphatic rings. The Kier molecular flexibility index (Phi) is 2.09. The molecule has 2 aliphatic carbocycles. The van der Waals surface area contributed by atoms with E-state index in [9.17, 15) is 17.6 Å². The van der Waals surface area contributed by atoms with E-state index in [4.69, 9.17) is 0 Å². The van der Waals surface area contributed by atoms with Crippen molar-refractivity contribution >= 4 is 0 Å². The molecule has 0 aromatic carbocycles. The third-order valence-corrected chi connectivity index (χ3v) is 3.59. The minimum atomic E-state index is -2.62. The fourth-order valence-electron chi connectivity index (χ4n) is 2.68. The molecule has 0 saturated heterocycles. The first kappa shape index (κ1) is 10.2. The lowest BCUT2D eigenvalue weighted by Gasteiger charge is -2.34. The number of hydrogen-bond donors (Lipinski definition) is 0. The molecule has 0 N–H and O–H groups in total. The summed E-state index contributed by atoms with van der Waals surface area (Å²) in [6.45, 7) is 1.67. The summed E-state index contributed by atoms with van der Waals surface area (Å²) in [5.41, 5.74) is 0. The third kappa shape index (κ3) is 1.75. The molecule has 82 valence electrons. The zero-order valence-electron chi connectivity index (χ0n) is 8.07. The van der Waals surface area contributed by atoms with E-state index in [1.54, 1.807) is 6.92 Å². The van der Waals surface area contributed by atoms with Crippen molar-refractivity contribution in [3.63, 3.8) is 0 Å². The molecule has 0 aromatic heterocycles. The lowest BCUT2D eigenvalue weighted by atomic mass is 9.76. The van der Waals surface area contributed by atoms with Gasteiger partial charge >= 0.3 is 0 Å². The van der Waals surface area contributed by atoms with Gasteiger partial charge in [0.05, 0.1) is 0 Å². The number of hydrogen-bond acceptors (Lipinski definition) is 0. The highest BCUT2D eigenvalue weighted by molar-refractivity contribution is 5.02. The van der Waals surface area contributed by atoms with Gasteiger partial charge in [0.2, 0.25) is 5.92 Å². The Labute approximate surface area is 80.7 Å². The average molecular weight is 210 g/mol. The third-order valence-electron chi connectivity index (χ3n) is 3.59. The maximum atomic E-state index is 12.9. The first-order chi connectivity index (χ1) is 6.32. The van der Waals surface area contributed by atoms with Gasteiger partial charge in [-0.15, -0.1) is 0 Å². The monoisotopic (exact) mass is 210 g/mol. The van der Waals surface area contributed by atoms with Crippen molar-refractivity contribution in [3.8, 4) is 0 Å². The molecular formula is C10H14F4. The summed E-state index contributed by atoms with van der Waals surface area (Å²) in [6, 6.07) is 0. The van der Waals surface area contributed by atoms with Gasteiger partial charge in [-0.3, -0.25) is 0 Å². The lowest BCUT2D eigenvalue weighted by molar-refractivity contribution is -0.0748. The number of rotatable bonds is 1. The molecule has 14 heavy (non-hydrogen) atoms. The molecule has 2 saturated carbocycles. The Morgan fingerprint density at radius 3 is 2.07 bits per heavy atom. The SMILES string of the molecule is CC1CC(F)(F)CCC1C1CC1(F)F. The van der Waals surface area contributed by atoms with Gasteiger partial charge in [0.15, 0.2) is 0 Å². The van der Waals surface area contributed by atoms with Gasteiger partial charge in [0, 0.05) is 25.2 Å². The zero-order chi connectivity index (χ0) is 10.6. The fourth-order valence-corrected chi connectivity index (χ4v) is 2.68. The Morgan fingerprint density at radius 1 is 1.07 bits per heavy atom. The summed E-state index contributed by atoms with van der Waals surface area (Å²) in [5, 5.41) is 0. The molecule has 0 spiro atoms. The van der Waals surface area contributed by atoms with Crippen molar-refractivity contribution in [3.05, 3.63) is 0 Å². The molecule has 4 heteroatoms. The van der Waals surface area contributed by atoms with Crippen molar-refractivity contribution in [1.29, 1.82) is 0 Å². The minimum absolute atomic E-state index is 0.0897. The van der Waals surface area contributed by atoms with Crippen LogP contribution in [0.25, 0.3) is 0 Å². The van der Waals surface area contributed by atoms with Crippen molar-refractivity contribution < 1.29 is 17.6 Å². The second-order valence-electron chi connectivity index (χ2n) is 4.81. The highest BCUT2D eigenvalue weighted by atomic mass is 19.3. The van der Waals surface area contributed by atoms with Crippen LogP contribution in [0.3, 0.4) is 0 Å². The van der Waals surface area contributed by atoms with Crippen molar-refractivity contribution in [2.75, 3.05) is 0 Å². The molecule has 0 amide bonds. The van der Waals surface area contributed by atoms with E-state index in [0.717, 1.165) is 0 Å². The first-order valence-corrected chi connectivity index (χ1v) is 5.07. The van der Waals surface area contributed by atoms with Crippen LogP contribution in [-0.4, -0.2) is 11.8 Å². The summed E-state index contributed by atoms with van der Waals surface area (Å²) in [6.07, 6.45) is -0.263. The van der Waals surface area contributed by atoms with Gasteiger partial charge in [-0.1, -0.05) is 6.92 Å². The van der Waals surface area contributed by atoms with E-state index in [2.05, 4.69) is 0 Å². The molecule has 3 unspecified atom stereocenters. The number of halogens is 4. The maximum absolute atomic E-state index is 12.9. The van der Waals surface area contributed by atoms with E-state index in [0.29, 0.717) is 0 Å². The second-order valence-corrected chi connectivity index (χ2v) is 4.81. The normalized spacial score (nSPS) is 44.8. The van der Waals surface area contributed by atoms with Gasteiger partial charge in [0.1, 0.15) is 0 Å². The van der Waals surface area contributed by atoms with Gasteiger partial charge in [-0.05, 0) is 18.3 Å². The highest BCUT2D eigenvalue weighted by Crippen LogP contribution is 2.58. The Bertz CT molecular complexity index is 236. The Balaban J connectivity index is 1.97. The van der Waals surface area contributed by atoms with Crippen molar-refractivity contribution in [2.24, 2.45) is 17.8 Å². The average Bonchev–Trinajstić information content (AvgIpc) is 2.57. The van der Waals surface area contributed by atoms with Crippen LogP contribution in [-0.2, 0) is 0 Å². The molecule has 3 atom stereocenters. The molecule has 2 rings (SSSR count). The van der Waals surface area contributed by atoms with Crippen LogP contribution in [0.15, 0.2) is 0 Å². The van der Waals surface area contributed by atoms with Gasteiger partial charge in [-0.25, -0.2) is 17.6 Å². The summed E-state index contributed by atoms with van der Waals surface area (Å²) < 4.78 is 51.4. The Morgan fingerprint density at radius 2 is 1.64 bits per heavy atom. The summed E-state index contributed by atoms with van der Waals surface area (Å²) in [5.74, 6) is -6.26. The van der Waals surface area contributed by atoms with Crippen LogP contribution in [0.1, 0.15) is 32.6 Å². The van der Waals surface area contributed by atoms with Crippen LogP contribution in [0, 0.1) is 17.8 Å². The van der Waals surface area contributed by atoms with E-state index < -0.39 is 17.8 Å². The molecule has 0 bridgehead atoms. The Hall–Kier alpha value is -0.280. The first-order valence-electron chi connectivity index (χ1n) is 5.07. The van der Waals surface area contributed by atoms with Crippen LogP contribution < -0.4 is 0 Å². The number of alkyl halides is 4. The van der Waals surface area contributed by atoms with E-state index >= 15 is 0 Å². The van der Waals surface area contributed by atoms with Gasteiger partial charge in [-0.2, -0.15) is 0 Å². The molecule has 2 fully saturated rings. The predicted molar refractivity (Wildman–Crippen MR) is 44.5 cm³/mol. The van der Waals surface area contributed by atoms with Crippen molar-refractivity contribution in [2.45, 2.75) is 44.5 Å². The highest BCUT2D eigenvalue weighted by Gasteiger charge is 2.62. The fraction of sp³-hybridized carbons (Fsp3) is 1.00. The smallest absolute Gasteiger partial charge is 0.207 e. The molecular weight excluding hydrogens is 196 g/mol.